The zero-order valence-corrected chi connectivity index (χ0v) is 9.41. The summed E-state index contributed by atoms with van der Waals surface area (Å²) in [5, 5.41) is 3.35. The van der Waals surface area contributed by atoms with Crippen LogP contribution in [0.1, 0.15) is 20.3 Å². The second kappa shape index (κ2) is 4.84. The van der Waals surface area contributed by atoms with Gasteiger partial charge < -0.3 is 10.2 Å². The van der Waals surface area contributed by atoms with E-state index in [4.69, 9.17) is 0 Å². The summed E-state index contributed by atoms with van der Waals surface area (Å²) in [4.78, 5) is 6.48. The molecule has 1 aromatic rings. The molecule has 1 N–H and O–H groups in total. The highest BCUT2D eigenvalue weighted by atomic mass is 15.2. The van der Waals surface area contributed by atoms with Crippen LogP contribution in [0, 0.1) is 0 Å². The Morgan fingerprint density at radius 2 is 2.14 bits per heavy atom. The smallest absolute Gasteiger partial charge is 0.130 e. The average Bonchev–Trinajstić information content (AvgIpc) is 2.18. The molecule has 1 rings (SSSR count). The first-order valence-electron chi connectivity index (χ1n) is 5.04. The van der Waals surface area contributed by atoms with Gasteiger partial charge in [-0.25, -0.2) is 4.98 Å². The maximum absolute atomic E-state index is 4.47. The van der Waals surface area contributed by atoms with Gasteiger partial charge >= 0.3 is 0 Å². The van der Waals surface area contributed by atoms with Gasteiger partial charge in [0.25, 0.3) is 0 Å². The van der Waals surface area contributed by atoms with Gasteiger partial charge in [0.1, 0.15) is 11.6 Å². The standard InChI is InChI=1S/C11H19N3/c1-5-9(2)12-10-7-6-8-11(13-10)14(3)4/h6-9H,5H2,1-4H3,(H,12,13). The molecule has 14 heavy (non-hydrogen) atoms. The summed E-state index contributed by atoms with van der Waals surface area (Å²) < 4.78 is 0. The van der Waals surface area contributed by atoms with Crippen molar-refractivity contribution < 1.29 is 0 Å². The van der Waals surface area contributed by atoms with Crippen molar-refractivity contribution in [2.75, 3.05) is 24.3 Å². The maximum atomic E-state index is 4.47. The monoisotopic (exact) mass is 193 g/mol. The SMILES string of the molecule is CCC(C)Nc1cccc(N(C)C)n1. The summed E-state index contributed by atoms with van der Waals surface area (Å²) in [6, 6.07) is 6.49. The minimum atomic E-state index is 0.472. The second-order valence-electron chi connectivity index (χ2n) is 3.73. The lowest BCUT2D eigenvalue weighted by Gasteiger charge is -2.15. The van der Waals surface area contributed by atoms with Crippen LogP contribution in [0.3, 0.4) is 0 Å². The van der Waals surface area contributed by atoms with Gasteiger partial charge in [-0.1, -0.05) is 13.0 Å². The molecule has 78 valence electrons. The molecule has 0 aliphatic rings. The lowest BCUT2D eigenvalue weighted by atomic mass is 10.2. The molecule has 1 aromatic heterocycles. The lowest BCUT2D eigenvalue weighted by Crippen LogP contribution is -2.16. The van der Waals surface area contributed by atoms with Crippen molar-refractivity contribution >= 4 is 11.6 Å². The summed E-state index contributed by atoms with van der Waals surface area (Å²) in [6.45, 7) is 4.32. The third-order valence-corrected chi connectivity index (χ3v) is 2.20. The van der Waals surface area contributed by atoms with E-state index in [2.05, 4.69) is 24.1 Å². The first kappa shape index (κ1) is 10.8. The van der Waals surface area contributed by atoms with Crippen molar-refractivity contribution in [3.05, 3.63) is 18.2 Å². The number of aromatic nitrogens is 1. The van der Waals surface area contributed by atoms with Gasteiger partial charge in [-0.05, 0) is 25.5 Å². The van der Waals surface area contributed by atoms with E-state index in [0.717, 1.165) is 18.1 Å². The Morgan fingerprint density at radius 1 is 1.43 bits per heavy atom. The number of hydrogen-bond donors (Lipinski definition) is 1. The topological polar surface area (TPSA) is 28.2 Å². The number of anilines is 2. The minimum absolute atomic E-state index is 0.472. The van der Waals surface area contributed by atoms with E-state index in [-0.39, 0.29) is 0 Å². The molecule has 0 saturated carbocycles. The Kier molecular flexibility index (Phi) is 3.74. The molecule has 3 nitrogen and oxygen atoms in total. The largest absolute Gasteiger partial charge is 0.368 e. The van der Waals surface area contributed by atoms with E-state index in [1.54, 1.807) is 0 Å². The Labute approximate surface area is 86.2 Å². The van der Waals surface area contributed by atoms with E-state index in [0.29, 0.717) is 6.04 Å². The highest BCUT2D eigenvalue weighted by molar-refractivity contribution is 5.46. The van der Waals surface area contributed by atoms with Crippen molar-refractivity contribution in [2.45, 2.75) is 26.3 Å². The third-order valence-electron chi connectivity index (χ3n) is 2.20. The van der Waals surface area contributed by atoms with Crippen molar-refractivity contribution in [3.8, 4) is 0 Å². The van der Waals surface area contributed by atoms with Gasteiger partial charge in [-0.3, -0.25) is 0 Å². The van der Waals surface area contributed by atoms with Crippen LogP contribution in [-0.4, -0.2) is 25.1 Å². The summed E-state index contributed by atoms with van der Waals surface area (Å²) in [5.74, 6) is 1.93. The van der Waals surface area contributed by atoms with E-state index in [1.807, 2.05) is 37.2 Å². The summed E-state index contributed by atoms with van der Waals surface area (Å²) in [5.41, 5.74) is 0. The van der Waals surface area contributed by atoms with Crippen molar-refractivity contribution in [3.63, 3.8) is 0 Å². The van der Waals surface area contributed by atoms with Gasteiger partial charge in [0.15, 0.2) is 0 Å². The minimum Gasteiger partial charge on any atom is -0.368 e. The Balaban J connectivity index is 2.73. The quantitative estimate of drug-likeness (QED) is 0.795. The van der Waals surface area contributed by atoms with Crippen molar-refractivity contribution in [1.29, 1.82) is 0 Å². The molecule has 1 heterocycles. The number of nitrogens with one attached hydrogen (secondary N) is 1. The fourth-order valence-electron chi connectivity index (χ4n) is 1.11. The predicted molar refractivity (Wildman–Crippen MR) is 61.9 cm³/mol. The molecule has 0 aromatic carbocycles. The lowest BCUT2D eigenvalue weighted by molar-refractivity contribution is 0.759. The molecule has 0 spiro atoms. The van der Waals surface area contributed by atoms with Crippen LogP contribution < -0.4 is 10.2 Å². The average molecular weight is 193 g/mol. The first-order chi connectivity index (χ1) is 6.63. The Hall–Kier alpha value is -1.25. The van der Waals surface area contributed by atoms with Crippen molar-refractivity contribution in [1.82, 2.24) is 4.98 Å². The van der Waals surface area contributed by atoms with E-state index < -0.39 is 0 Å². The zero-order chi connectivity index (χ0) is 10.6. The molecular formula is C11H19N3. The van der Waals surface area contributed by atoms with Crippen LogP contribution in [0.15, 0.2) is 18.2 Å². The molecular weight excluding hydrogens is 174 g/mol. The second-order valence-corrected chi connectivity index (χ2v) is 3.73. The molecule has 3 heteroatoms. The van der Waals surface area contributed by atoms with Crippen LogP contribution in [0.25, 0.3) is 0 Å². The van der Waals surface area contributed by atoms with Crippen LogP contribution in [-0.2, 0) is 0 Å². The van der Waals surface area contributed by atoms with Crippen LogP contribution in [0.2, 0.25) is 0 Å². The Bertz CT molecular complexity index is 284. The van der Waals surface area contributed by atoms with Gasteiger partial charge in [-0.2, -0.15) is 0 Å². The van der Waals surface area contributed by atoms with Crippen LogP contribution in [0.4, 0.5) is 11.6 Å². The summed E-state index contributed by atoms with van der Waals surface area (Å²) >= 11 is 0. The fraction of sp³-hybridized carbons (Fsp3) is 0.545. The molecule has 0 fully saturated rings. The predicted octanol–water partition coefficient (Wildman–Crippen LogP) is 2.36. The van der Waals surface area contributed by atoms with Crippen molar-refractivity contribution in [2.24, 2.45) is 0 Å². The number of hydrogen-bond acceptors (Lipinski definition) is 3. The maximum Gasteiger partial charge on any atom is 0.130 e. The summed E-state index contributed by atoms with van der Waals surface area (Å²) in [6.07, 6.45) is 1.11. The Morgan fingerprint density at radius 3 is 2.71 bits per heavy atom. The molecule has 0 bridgehead atoms. The van der Waals surface area contributed by atoms with E-state index >= 15 is 0 Å². The van der Waals surface area contributed by atoms with E-state index in [1.165, 1.54) is 0 Å². The fourth-order valence-corrected chi connectivity index (χ4v) is 1.11. The van der Waals surface area contributed by atoms with Gasteiger partial charge in [0.05, 0.1) is 0 Å². The van der Waals surface area contributed by atoms with Gasteiger partial charge in [0.2, 0.25) is 0 Å². The highest BCUT2D eigenvalue weighted by Gasteiger charge is 2.01. The molecule has 0 radical (unpaired) electrons. The molecule has 1 unspecified atom stereocenters. The molecule has 0 amide bonds. The first-order valence-corrected chi connectivity index (χ1v) is 5.04. The molecule has 1 atom stereocenters. The number of nitrogens with zero attached hydrogens (tertiary/aromatic N) is 2. The van der Waals surface area contributed by atoms with Crippen LogP contribution in [0.5, 0.6) is 0 Å². The number of rotatable bonds is 4. The normalized spacial score (nSPS) is 12.3. The van der Waals surface area contributed by atoms with Gasteiger partial charge in [0, 0.05) is 20.1 Å². The molecule has 0 aliphatic carbocycles. The molecule has 0 aliphatic heterocycles. The van der Waals surface area contributed by atoms with Crippen LogP contribution >= 0.6 is 0 Å². The highest BCUT2D eigenvalue weighted by Crippen LogP contribution is 2.12. The third kappa shape index (κ3) is 2.91. The molecule has 0 saturated heterocycles. The van der Waals surface area contributed by atoms with E-state index in [9.17, 15) is 0 Å². The zero-order valence-electron chi connectivity index (χ0n) is 9.41. The number of pyridine rings is 1. The summed E-state index contributed by atoms with van der Waals surface area (Å²) in [7, 11) is 3.99. The van der Waals surface area contributed by atoms with Gasteiger partial charge in [-0.15, -0.1) is 0 Å².